The van der Waals surface area contributed by atoms with Gasteiger partial charge in [-0.2, -0.15) is 11.8 Å². The molecule has 2 aromatic rings. The highest BCUT2D eigenvalue weighted by molar-refractivity contribution is 7.99. The highest BCUT2D eigenvalue weighted by atomic mass is 32.2. The number of ether oxygens (including phenoxy) is 12. The van der Waals surface area contributed by atoms with Crippen LogP contribution in [0.15, 0.2) is 60.7 Å². The predicted molar refractivity (Wildman–Crippen MR) is 458 cm³/mol. The maximum Gasteiger partial charge on any atom is 0.119 e. The summed E-state index contributed by atoms with van der Waals surface area (Å²) in [6, 6.07) is 20.2. The third-order valence-corrected chi connectivity index (χ3v) is 23.0. The highest BCUT2D eigenvalue weighted by Gasteiger charge is 2.62. The first-order valence-electron chi connectivity index (χ1n) is 44.2. The van der Waals surface area contributed by atoms with Crippen LogP contribution >= 0.6 is 11.8 Å². The molecule has 1 heterocycles. The van der Waals surface area contributed by atoms with E-state index in [1.54, 1.807) is 46.3 Å². The van der Waals surface area contributed by atoms with E-state index < -0.39 is 0 Å². The van der Waals surface area contributed by atoms with Crippen LogP contribution in [0.3, 0.4) is 0 Å². The van der Waals surface area contributed by atoms with Gasteiger partial charge in [0.1, 0.15) is 12.4 Å². The minimum absolute atomic E-state index is 0.277. The second-order valence-electron chi connectivity index (χ2n) is 33.7. The zero-order valence-electron chi connectivity index (χ0n) is 74.2. The molecule has 8 saturated carbocycles. The number of methoxy groups -OCH3 is 2. The Morgan fingerprint density at radius 1 is 0.430 bits per heavy atom. The monoisotopic (exact) mass is 1530 g/mol. The van der Waals surface area contributed by atoms with Crippen molar-refractivity contribution in [2.24, 2.45) is 65.1 Å². The van der Waals surface area contributed by atoms with Crippen molar-refractivity contribution in [3.8, 4) is 5.75 Å². The van der Waals surface area contributed by atoms with Gasteiger partial charge in [0.05, 0.1) is 87.0 Å². The second kappa shape index (κ2) is 66.4. The predicted octanol–water partition coefficient (Wildman–Crippen LogP) is 24.7. The Kier molecular flexibility index (Phi) is 64.1. The van der Waals surface area contributed by atoms with E-state index in [1.807, 2.05) is 110 Å². The van der Waals surface area contributed by atoms with Gasteiger partial charge in [-0.3, -0.25) is 0 Å². The second-order valence-corrected chi connectivity index (χ2v) is 34.8. The Balaban J connectivity index is 0.000000603. The van der Waals surface area contributed by atoms with Crippen molar-refractivity contribution < 1.29 is 56.8 Å². The zero-order valence-corrected chi connectivity index (χ0v) is 75.1. The molecule has 0 spiro atoms. The molecule has 1 saturated heterocycles. The molecule has 1 aliphatic heterocycles. The van der Waals surface area contributed by atoms with Gasteiger partial charge < -0.3 is 56.8 Å². The fourth-order valence-corrected chi connectivity index (χ4v) is 17.4. The first kappa shape index (κ1) is 103. The van der Waals surface area contributed by atoms with E-state index in [4.69, 9.17) is 52.1 Å². The van der Waals surface area contributed by atoms with Crippen LogP contribution in [0.5, 0.6) is 5.75 Å². The molecule has 11 rings (SSSR count). The van der Waals surface area contributed by atoms with Gasteiger partial charge in [0, 0.05) is 65.4 Å². The first-order chi connectivity index (χ1) is 51.3. The van der Waals surface area contributed by atoms with Crippen molar-refractivity contribution in [1.82, 2.24) is 0 Å². The van der Waals surface area contributed by atoms with Crippen molar-refractivity contribution in [2.75, 3.05) is 91.8 Å². The molecule has 12 nitrogen and oxygen atoms in total. The minimum atomic E-state index is 0.277. The molecule has 2 aromatic carbocycles. The molecule has 0 N–H and O–H groups in total. The van der Waals surface area contributed by atoms with E-state index >= 15 is 0 Å². The average Bonchev–Trinajstić information content (AvgIpc) is 1.56. The largest absolute Gasteiger partial charge is 0.491 e. The number of benzene rings is 2. The lowest BCUT2D eigenvalue weighted by molar-refractivity contribution is -0.0118. The number of fused-ring (bicyclic) bond motifs is 11. The van der Waals surface area contributed by atoms with Gasteiger partial charge in [-0.15, -0.1) is 0 Å². The number of rotatable bonds is 30. The molecular weight excluding hydrogens is 1350 g/mol. The average molecular weight is 1530 g/mol. The lowest BCUT2D eigenvalue weighted by Crippen LogP contribution is -2.33. The van der Waals surface area contributed by atoms with Gasteiger partial charge in [0.2, 0.25) is 0 Å². The highest BCUT2D eigenvalue weighted by Crippen LogP contribution is 2.69. The van der Waals surface area contributed by atoms with Crippen LogP contribution in [0.2, 0.25) is 0 Å². The molecule has 12 atom stereocenters. The summed E-state index contributed by atoms with van der Waals surface area (Å²) in [5, 5.41) is 0. The summed E-state index contributed by atoms with van der Waals surface area (Å²) in [6.07, 6.45) is 38.6. The molecule has 0 radical (unpaired) electrons. The topological polar surface area (TPSA) is 111 Å². The summed E-state index contributed by atoms with van der Waals surface area (Å²) in [5.41, 5.74) is 1.35. The molecule has 630 valence electrons. The van der Waals surface area contributed by atoms with Crippen molar-refractivity contribution in [2.45, 2.75) is 374 Å². The molecule has 0 amide bonds. The standard InChI is InChI=1S/C17H28O.C12H22O.C11H16O2.C11H22O.C11H16O.C9H18O.C6H14O.C5H10OS.C5H12O.C4H10O.C3H8O/c1-10(2)18-6-5-11-7-14-9-15(11)17-13-4-3-12(8-13)16(14)17;1-9(2)13-6-5-12-8-10-3-4-11(12)7-10;1-10(2)12-8-9-13-11-6-4-3-5-7-11;2*1-10(2)12-9-8-11-6-4-3-5-7-11;1-8(2)10-9-6-4-3-5-7-9;1-4-6(3)7-5-2;1-5-4-7-3-2-6-5;1-4-6-5(2)3;1-4(2)5-3;1-3-4-2/h10-17H,3-9H2,1-2H3;9-12H,3-8H2,1-2H3;3-7,10H,8-9H2,1-2H3;10-11H,3-9H2,1-2H3;3-7,10H,8-9H2,1-2H3;8-9H,3-7H2,1-2H3;6H,4-5H2,1-3H3;5H,2-4H2,1H3;5H,4H2,1-3H3;4H,1-3H3;3H2,1-2H3. The van der Waals surface area contributed by atoms with Crippen LogP contribution in [0.4, 0.5) is 0 Å². The van der Waals surface area contributed by atoms with E-state index in [-0.39, 0.29) is 6.10 Å². The minimum Gasteiger partial charge on any atom is -0.491 e. The number of thioether (sulfide) groups is 1. The Hall–Kier alpha value is -1.85. The van der Waals surface area contributed by atoms with Crippen LogP contribution in [0.1, 0.15) is 306 Å². The van der Waals surface area contributed by atoms with Crippen LogP contribution in [-0.4, -0.2) is 159 Å². The number of hydrogen-bond donors (Lipinski definition) is 0. The van der Waals surface area contributed by atoms with Gasteiger partial charge in [-0.05, 0) is 325 Å². The van der Waals surface area contributed by atoms with Crippen LogP contribution in [0, 0.1) is 65.1 Å². The lowest BCUT2D eigenvalue weighted by Gasteiger charge is -2.38. The number of para-hydroxylation sites is 1. The van der Waals surface area contributed by atoms with E-state index in [1.165, 1.54) is 132 Å². The fraction of sp³-hybridized carbons (Fsp3) is 0.872. The summed E-state index contributed by atoms with van der Waals surface area (Å²) in [6.45, 7) is 54.1. The molecule has 8 aliphatic carbocycles. The summed E-state index contributed by atoms with van der Waals surface area (Å²) in [5.74, 6) is 15.3. The number of hydrogen-bond acceptors (Lipinski definition) is 13. The third-order valence-electron chi connectivity index (χ3n) is 21.9. The molecule has 0 aromatic heterocycles. The Morgan fingerprint density at radius 2 is 0.925 bits per heavy atom. The maximum absolute atomic E-state index is 5.78. The van der Waals surface area contributed by atoms with Gasteiger partial charge in [0.15, 0.2) is 0 Å². The SMILES string of the molecule is CC(C)OC1CCCCC1.CC(C)OCCC1CC2CC1C1C3CCC(C3)C21.CC(C)OCCC1CC2CCC1C2.CC(C)OCCC1CCCCC1.CC(C)OCCOc1ccccc1.CC(C)OCCc1ccccc1.CC1CSCCO1.CCOC.CCOC(C)C.CCOC(C)CC.COC(C)C. The Labute approximate surface area is 667 Å². The normalized spacial score (nSPS) is 24.5. The maximum atomic E-state index is 5.78. The zero-order chi connectivity index (χ0) is 79.6. The third kappa shape index (κ3) is 53.8. The first-order valence-corrected chi connectivity index (χ1v) is 45.4. The molecule has 13 heteroatoms. The summed E-state index contributed by atoms with van der Waals surface area (Å²) < 4.78 is 63.6. The Bertz CT molecular complexity index is 2180. The van der Waals surface area contributed by atoms with Crippen LogP contribution in [0.25, 0.3) is 0 Å². The summed E-state index contributed by atoms with van der Waals surface area (Å²) in [7, 11) is 3.38. The van der Waals surface area contributed by atoms with Crippen LogP contribution in [-0.2, 0) is 58.5 Å². The van der Waals surface area contributed by atoms with E-state index in [0.717, 1.165) is 131 Å². The van der Waals surface area contributed by atoms with E-state index in [2.05, 4.69) is 119 Å². The van der Waals surface area contributed by atoms with Gasteiger partial charge in [-0.1, -0.05) is 113 Å². The lowest BCUT2D eigenvalue weighted by atomic mass is 9.67. The van der Waals surface area contributed by atoms with E-state index in [0.29, 0.717) is 74.3 Å². The molecular formula is C94H176O12S. The van der Waals surface area contributed by atoms with Crippen molar-refractivity contribution in [3.63, 3.8) is 0 Å². The van der Waals surface area contributed by atoms with Crippen molar-refractivity contribution in [3.05, 3.63) is 66.2 Å². The smallest absolute Gasteiger partial charge is 0.119 e. The van der Waals surface area contributed by atoms with Gasteiger partial charge >= 0.3 is 0 Å². The molecule has 12 unspecified atom stereocenters. The van der Waals surface area contributed by atoms with Gasteiger partial charge in [0.25, 0.3) is 0 Å². The fourth-order valence-electron chi connectivity index (χ4n) is 16.6. The Morgan fingerprint density at radius 3 is 1.36 bits per heavy atom. The molecule has 6 bridgehead atoms. The molecule has 9 fully saturated rings. The molecule has 9 aliphatic rings. The van der Waals surface area contributed by atoms with Gasteiger partial charge in [-0.25, -0.2) is 0 Å². The van der Waals surface area contributed by atoms with Crippen molar-refractivity contribution in [1.29, 1.82) is 0 Å². The molecule has 107 heavy (non-hydrogen) atoms. The van der Waals surface area contributed by atoms with Crippen LogP contribution < -0.4 is 4.74 Å². The van der Waals surface area contributed by atoms with Crippen molar-refractivity contribution >= 4 is 11.8 Å². The quantitative estimate of drug-likeness (QED) is 0.0547. The van der Waals surface area contributed by atoms with E-state index in [9.17, 15) is 0 Å². The summed E-state index contributed by atoms with van der Waals surface area (Å²) in [4.78, 5) is 0. The summed E-state index contributed by atoms with van der Waals surface area (Å²) >= 11 is 1.98.